The molecule has 2 amide bonds. The normalized spacial score (nSPS) is 9.78. The van der Waals surface area contributed by atoms with Crippen LogP contribution in [0.25, 0.3) is 0 Å². The molecule has 0 aliphatic heterocycles. The van der Waals surface area contributed by atoms with E-state index in [9.17, 15) is 14.4 Å². The van der Waals surface area contributed by atoms with Crippen molar-refractivity contribution in [2.75, 3.05) is 6.61 Å². The number of esters is 1. The Morgan fingerprint density at radius 1 is 0.870 bits per heavy atom. The number of hydrazine groups is 1. The van der Waals surface area contributed by atoms with Crippen molar-refractivity contribution in [3.63, 3.8) is 0 Å². The number of aryl methyl sites for hydroxylation is 1. The lowest BCUT2D eigenvalue weighted by Gasteiger charge is -2.08. The fraction of sp³-hybridized carbons (Fsp3) is 0.118. The third-order valence-electron chi connectivity index (χ3n) is 2.97. The van der Waals surface area contributed by atoms with Crippen LogP contribution in [0, 0.1) is 6.92 Å². The Morgan fingerprint density at radius 2 is 1.52 bits per heavy atom. The van der Waals surface area contributed by atoms with Crippen LogP contribution >= 0.6 is 0 Å². The van der Waals surface area contributed by atoms with Crippen molar-refractivity contribution < 1.29 is 19.1 Å². The lowest BCUT2D eigenvalue weighted by molar-refractivity contribution is -0.125. The van der Waals surface area contributed by atoms with Crippen molar-refractivity contribution in [1.82, 2.24) is 10.9 Å². The Hall–Kier alpha value is -3.15. The predicted octanol–water partition coefficient (Wildman–Crippen LogP) is 1.61. The van der Waals surface area contributed by atoms with E-state index in [1.165, 1.54) is 0 Å². The molecule has 0 heterocycles. The molecule has 0 spiro atoms. The van der Waals surface area contributed by atoms with E-state index in [0.717, 1.165) is 5.56 Å². The van der Waals surface area contributed by atoms with Crippen LogP contribution in [0.2, 0.25) is 0 Å². The molecule has 0 saturated carbocycles. The van der Waals surface area contributed by atoms with Crippen LogP contribution in [0.1, 0.15) is 26.3 Å². The van der Waals surface area contributed by atoms with Gasteiger partial charge in [-0.15, -0.1) is 0 Å². The SMILES string of the molecule is Cc1ccc(C(=O)OCC(=O)NNC(=O)c2ccccc2)cc1. The van der Waals surface area contributed by atoms with Crippen molar-refractivity contribution in [2.45, 2.75) is 6.92 Å². The maximum absolute atomic E-state index is 11.7. The first kappa shape index (κ1) is 16.2. The first-order valence-electron chi connectivity index (χ1n) is 6.94. The third kappa shape index (κ3) is 4.96. The highest BCUT2D eigenvalue weighted by Gasteiger charge is 2.11. The first-order chi connectivity index (χ1) is 11.1. The van der Waals surface area contributed by atoms with Crippen LogP contribution in [0.15, 0.2) is 54.6 Å². The van der Waals surface area contributed by atoms with Crippen molar-refractivity contribution in [3.05, 3.63) is 71.3 Å². The van der Waals surface area contributed by atoms with Crippen LogP contribution in [0.4, 0.5) is 0 Å². The first-order valence-corrected chi connectivity index (χ1v) is 6.94. The fourth-order valence-corrected chi connectivity index (χ4v) is 1.73. The minimum atomic E-state index is -0.630. The van der Waals surface area contributed by atoms with Crippen molar-refractivity contribution >= 4 is 17.8 Å². The lowest BCUT2D eigenvalue weighted by atomic mass is 10.1. The third-order valence-corrected chi connectivity index (χ3v) is 2.97. The summed E-state index contributed by atoms with van der Waals surface area (Å²) in [5.41, 5.74) is 6.20. The molecular weight excluding hydrogens is 296 g/mol. The van der Waals surface area contributed by atoms with E-state index < -0.39 is 24.4 Å². The predicted molar refractivity (Wildman–Crippen MR) is 83.5 cm³/mol. The minimum Gasteiger partial charge on any atom is -0.452 e. The van der Waals surface area contributed by atoms with Crippen LogP contribution in [-0.4, -0.2) is 24.4 Å². The average molecular weight is 312 g/mol. The molecule has 0 radical (unpaired) electrons. The van der Waals surface area contributed by atoms with Gasteiger partial charge in [-0.25, -0.2) is 4.79 Å². The number of hydrogen-bond donors (Lipinski definition) is 2. The van der Waals surface area contributed by atoms with Gasteiger partial charge in [-0.3, -0.25) is 20.4 Å². The molecule has 0 fully saturated rings. The van der Waals surface area contributed by atoms with Crippen LogP contribution in [-0.2, 0) is 9.53 Å². The molecule has 0 saturated heterocycles. The van der Waals surface area contributed by atoms with E-state index in [4.69, 9.17) is 4.74 Å². The van der Waals surface area contributed by atoms with E-state index in [1.54, 1.807) is 54.6 Å². The van der Waals surface area contributed by atoms with Crippen LogP contribution in [0.3, 0.4) is 0 Å². The van der Waals surface area contributed by atoms with E-state index in [-0.39, 0.29) is 0 Å². The molecule has 0 unspecified atom stereocenters. The van der Waals surface area contributed by atoms with E-state index in [0.29, 0.717) is 11.1 Å². The summed E-state index contributed by atoms with van der Waals surface area (Å²) in [5, 5.41) is 0. The topological polar surface area (TPSA) is 84.5 Å². The van der Waals surface area contributed by atoms with Crippen molar-refractivity contribution in [2.24, 2.45) is 0 Å². The van der Waals surface area contributed by atoms with Gasteiger partial charge in [-0.2, -0.15) is 0 Å². The van der Waals surface area contributed by atoms with Crippen LogP contribution < -0.4 is 10.9 Å². The fourth-order valence-electron chi connectivity index (χ4n) is 1.73. The molecule has 0 aromatic heterocycles. The summed E-state index contributed by atoms with van der Waals surface area (Å²) in [6.45, 7) is 1.42. The number of carbonyl (C=O) groups is 3. The Labute approximate surface area is 133 Å². The number of benzene rings is 2. The molecule has 0 bridgehead atoms. The number of hydrogen-bond acceptors (Lipinski definition) is 4. The van der Waals surface area contributed by atoms with Gasteiger partial charge >= 0.3 is 5.97 Å². The van der Waals surface area contributed by atoms with Gasteiger partial charge in [0.15, 0.2) is 6.61 Å². The molecule has 6 nitrogen and oxygen atoms in total. The second kappa shape index (κ2) is 7.74. The lowest BCUT2D eigenvalue weighted by Crippen LogP contribution is -2.43. The van der Waals surface area contributed by atoms with Crippen molar-refractivity contribution in [1.29, 1.82) is 0 Å². The molecule has 0 aliphatic rings. The highest BCUT2D eigenvalue weighted by Crippen LogP contribution is 2.04. The molecule has 2 aromatic rings. The molecule has 23 heavy (non-hydrogen) atoms. The maximum atomic E-state index is 11.7. The minimum absolute atomic E-state index is 0.358. The summed E-state index contributed by atoms with van der Waals surface area (Å²) in [5.74, 6) is -1.69. The number of ether oxygens (including phenoxy) is 1. The summed E-state index contributed by atoms with van der Waals surface area (Å²) in [4.78, 5) is 35.0. The Bertz CT molecular complexity index is 696. The van der Waals surface area contributed by atoms with E-state index in [1.807, 2.05) is 6.92 Å². The summed E-state index contributed by atoms with van der Waals surface area (Å²) >= 11 is 0. The molecule has 118 valence electrons. The second-order valence-corrected chi connectivity index (χ2v) is 4.81. The van der Waals surface area contributed by atoms with Crippen molar-refractivity contribution in [3.8, 4) is 0 Å². The van der Waals surface area contributed by atoms with Gasteiger partial charge in [-0.1, -0.05) is 35.9 Å². The highest BCUT2D eigenvalue weighted by atomic mass is 16.5. The largest absolute Gasteiger partial charge is 0.452 e. The molecule has 6 heteroatoms. The summed E-state index contributed by atoms with van der Waals surface area (Å²) in [6, 6.07) is 15.2. The number of amides is 2. The van der Waals surface area contributed by atoms with Crippen LogP contribution in [0.5, 0.6) is 0 Å². The Morgan fingerprint density at radius 3 is 2.17 bits per heavy atom. The van der Waals surface area contributed by atoms with Gasteiger partial charge in [0.1, 0.15) is 0 Å². The van der Waals surface area contributed by atoms with Gasteiger partial charge in [0.2, 0.25) is 0 Å². The van der Waals surface area contributed by atoms with Gasteiger partial charge in [0.05, 0.1) is 5.56 Å². The Balaban J connectivity index is 1.76. The standard InChI is InChI=1S/C17H16N2O4/c1-12-7-9-14(10-8-12)17(22)23-11-15(20)18-19-16(21)13-5-3-2-4-6-13/h2-10H,11H2,1H3,(H,18,20)(H,19,21). The Kier molecular flexibility index (Phi) is 5.46. The zero-order chi connectivity index (χ0) is 16.7. The van der Waals surface area contributed by atoms with Gasteiger partial charge in [0.25, 0.3) is 11.8 Å². The average Bonchev–Trinajstić information content (AvgIpc) is 2.59. The quantitative estimate of drug-likeness (QED) is 0.663. The molecule has 2 aromatic carbocycles. The maximum Gasteiger partial charge on any atom is 0.338 e. The van der Waals surface area contributed by atoms with Gasteiger partial charge in [-0.05, 0) is 31.2 Å². The number of rotatable bonds is 4. The highest BCUT2D eigenvalue weighted by molar-refractivity contribution is 5.96. The number of nitrogens with one attached hydrogen (secondary N) is 2. The zero-order valence-electron chi connectivity index (χ0n) is 12.5. The van der Waals surface area contributed by atoms with Gasteiger partial charge in [0, 0.05) is 5.56 Å². The molecule has 2 N–H and O–H groups in total. The number of carbonyl (C=O) groups excluding carboxylic acids is 3. The summed E-state index contributed by atoms with van der Waals surface area (Å²) in [7, 11) is 0. The van der Waals surface area contributed by atoms with E-state index >= 15 is 0 Å². The smallest absolute Gasteiger partial charge is 0.338 e. The summed E-state index contributed by atoms with van der Waals surface area (Å²) in [6.07, 6.45) is 0. The molecule has 2 rings (SSSR count). The zero-order valence-corrected chi connectivity index (χ0v) is 12.5. The molecule has 0 aliphatic carbocycles. The second-order valence-electron chi connectivity index (χ2n) is 4.81. The molecule has 0 atom stereocenters. The van der Waals surface area contributed by atoms with Gasteiger partial charge < -0.3 is 4.74 Å². The molecular formula is C17H16N2O4. The monoisotopic (exact) mass is 312 g/mol. The summed E-state index contributed by atoms with van der Waals surface area (Å²) < 4.78 is 4.87. The van der Waals surface area contributed by atoms with E-state index in [2.05, 4.69) is 10.9 Å².